The van der Waals surface area contributed by atoms with Crippen LogP contribution < -0.4 is 10.1 Å². The van der Waals surface area contributed by atoms with Crippen molar-refractivity contribution in [2.75, 3.05) is 26.2 Å². The first-order chi connectivity index (χ1) is 14.6. The van der Waals surface area contributed by atoms with Gasteiger partial charge < -0.3 is 15.0 Å². The normalized spacial score (nSPS) is 11.2. The molecule has 3 nitrogen and oxygen atoms in total. The zero-order valence-corrected chi connectivity index (χ0v) is 19.2. The van der Waals surface area contributed by atoms with Gasteiger partial charge in [-0.05, 0) is 75.3 Å². The minimum absolute atomic E-state index is 0.121. The van der Waals surface area contributed by atoms with E-state index in [9.17, 15) is 4.39 Å². The van der Waals surface area contributed by atoms with Crippen LogP contribution in [0, 0.1) is 5.82 Å². The van der Waals surface area contributed by atoms with Crippen LogP contribution in [0.3, 0.4) is 0 Å². The fraction of sp³-hybridized carbons (Fsp3) is 0.520. The van der Waals surface area contributed by atoms with Gasteiger partial charge in [-0.3, -0.25) is 0 Å². The van der Waals surface area contributed by atoms with Crippen molar-refractivity contribution in [1.29, 1.82) is 0 Å². The first kappa shape index (κ1) is 24.6. The number of halogens is 2. The fourth-order valence-electron chi connectivity index (χ4n) is 3.29. The van der Waals surface area contributed by atoms with E-state index in [0.29, 0.717) is 16.3 Å². The largest absolute Gasteiger partial charge is 0.489 e. The number of ether oxygens (including phenoxy) is 1. The number of nitrogens with one attached hydrogen (secondary N) is 1. The molecular formula is C25H36ClFN2O. The zero-order chi connectivity index (χ0) is 21.6. The van der Waals surface area contributed by atoms with Crippen molar-refractivity contribution in [3.63, 3.8) is 0 Å². The van der Waals surface area contributed by atoms with Crippen LogP contribution in [0.1, 0.15) is 57.1 Å². The van der Waals surface area contributed by atoms with E-state index in [-0.39, 0.29) is 12.4 Å². The first-order valence-electron chi connectivity index (χ1n) is 11.2. The quantitative estimate of drug-likeness (QED) is 0.326. The second kappa shape index (κ2) is 14.4. The van der Waals surface area contributed by atoms with Gasteiger partial charge in [0.1, 0.15) is 18.2 Å². The average molecular weight is 435 g/mol. The summed E-state index contributed by atoms with van der Waals surface area (Å²) >= 11 is 6.04. The molecule has 0 fully saturated rings. The van der Waals surface area contributed by atoms with E-state index in [0.717, 1.165) is 19.5 Å². The third-order valence-electron chi connectivity index (χ3n) is 5.18. The Kier molecular flexibility index (Phi) is 11.8. The highest BCUT2D eigenvalue weighted by Crippen LogP contribution is 2.21. The molecule has 0 radical (unpaired) electrons. The summed E-state index contributed by atoms with van der Waals surface area (Å²) in [6.45, 7) is 10.1. The Bertz CT molecular complexity index is 695. The zero-order valence-electron chi connectivity index (χ0n) is 18.4. The molecule has 0 aliphatic carbocycles. The number of hydrogen-bond donors (Lipinski definition) is 1. The molecule has 2 aromatic carbocycles. The Morgan fingerprint density at radius 2 is 1.60 bits per heavy atom. The van der Waals surface area contributed by atoms with E-state index in [1.807, 2.05) is 24.3 Å². The third-order valence-corrected chi connectivity index (χ3v) is 5.54. The maximum atomic E-state index is 13.8. The average Bonchev–Trinajstić information content (AvgIpc) is 2.75. The van der Waals surface area contributed by atoms with Crippen LogP contribution in [0.2, 0.25) is 5.02 Å². The second-order valence-electron chi connectivity index (χ2n) is 7.71. The molecule has 0 amide bonds. The fourth-order valence-corrected chi connectivity index (χ4v) is 3.51. The monoisotopic (exact) mass is 434 g/mol. The predicted octanol–water partition coefficient (Wildman–Crippen LogP) is 6.44. The van der Waals surface area contributed by atoms with Crippen molar-refractivity contribution in [1.82, 2.24) is 10.2 Å². The molecule has 1 N–H and O–H groups in total. The molecule has 0 heterocycles. The van der Waals surface area contributed by atoms with E-state index in [2.05, 4.69) is 24.1 Å². The van der Waals surface area contributed by atoms with Crippen molar-refractivity contribution in [3.05, 3.63) is 64.4 Å². The maximum absolute atomic E-state index is 13.8. The predicted molar refractivity (Wildman–Crippen MR) is 125 cm³/mol. The molecule has 0 bridgehead atoms. The Balaban J connectivity index is 1.68. The van der Waals surface area contributed by atoms with Crippen molar-refractivity contribution in [3.8, 4) is 5.75 Å². The lowest BCUT2D eigenvalue weighted by Crippen LogP contribution is -2.29. The summed E-state index contributed by atoms with van der Waals surface area (Å²) in [5, 5.41) is 3.91. The standard InChI is InChI=1S/C25H36ClFN2O/c1-3-5-16-29(17-6-4-2)18-8-15-28-19-21-11-13-22(14-12-21)30-20-23-24(26)9-7-10-25(23)27/h7,9-14,28H,3-6,8,15-20H2,1-2H3. The van der Waals surface area contributed by atoms with Gasteiger partial charge in [0.15, 0.2) is 0 Å². The summed E-state index contributed by atoms with van der Waals surface area (Å²) in [4.78, 5) is 2.60. The molecule has 2 rings (SSSR count). The smallest absolute Gasteiger partial charge is 0.131 e. The van der Waals surface area contributed by atoms with E-state index >= 15 is 0 Å². The highest BCUT2D eigenvalue weighted by molar-refractivity contribution is 6.31. The minimum atomic E-state index is -0.341. The van der Waals surface area contributed by atoms with Crippen LogP contribution >= 0.6 is 11.6 Å². The van der Waals surface area contributed by atoms with Gasteiger partial charge in [-0.1, -0.05) is 56.5 Å². The minimum Gasteiger partial charge on any atom is -0.489 e. The van der Waals surface area contributed by atoms with Gasteiger partial charge in [0.05, 0.1) is 5.02 Å². The number of hydrogen-bond acceptors (Lipinski definition) is 3. The summed E-state index contributed by atoms with van der Waals surface area (Å²) in [5.41, 5.74) is 1.59. The van der Waals surface area contributed by atoms with Crippen molar-refractivity contribution < 1.29 is 9.13 Å². The maximum Gasteiger partial charge on any atom is 0.131 e. The molecule has 0 saturated carbocycles. The Hall–Kier alpha value is -1.62. The van der Waals surface area contributed by atoms with Gasteiger partial charge in [0, 0.05) is 12.1 Å². The number of nitrogens with zero attached hydrogens (tertiary/aromatic N) is 1. The van der Waals surface area contributed by atoms with Crippen LogP contribution in [0.15, 0.2) is 42.5 Å². The molecule has 2 aromatic rings. The van der Waals surface area contributed by atoms with Crippen LogP contribution in [0.4, 0.5) is 4.39 Å². The van der Waals surface area contributed by atoms with Gasteiger partial charge in [-0.25, -0.2) is 4.39 Å². The number of benzene rings is 2. The van der Waals surface area contributed by atoms with E-state index in [1.54, 1.807) is 12.1 Å². The molecule has 0 saturated heterocycles. The SMILES string of the molecule is CCCCN(CCCC)CCCNCc1ccc(OCc2c(F)cccc2Cl)cc1. The summed E-state index contributed by atoms with van der Waals surface area (Å²) in [6.07, 6.45) is 6.25. The van der Waals surface area contributed by atoms with E-state index in [1.165, 1.54) is 56.9 Å². The molecule has 0 spiro atoms. The second-order valence-corrected chi connectivity index (χ2v) is 8.12. The highest BCUT2D eigenvalue weighted by atomic mass is 35.5. The summed E-state index contributed by atoms with van der Waals surface area (Å²) in [5.74, 6) is 0.367. The van der Waals surface area contributed by atoms with Crippen LogP contribution in [0.5, 0.6) is 5.75 Å². The lowest BCUT2D eigenvalue weighted by molar-refractivity contribution is 0.261. The van der Waals surface area contributed by atoms with Gasteiger partial charge in [-0.15, -0.1) is 0 Å². The lowest BCUT2D eigenvalue weighted by Gasteiger charge is -2.22. The molecular weight excluding hydrogens is 399 g/mol. The molecule has 166 valence electrons. The third kappa shape index (κ3) is 9.03. The topological polar surface area (TPSA) is 24.5 Å². The number of rotatable bonds is 15. The lowest BCUT2D eigenvalue weighted by atomic mass is 10.2. The van der Waals surface area contributed by atoms with Crippen LogP contribution in [-0.4, -0.2) is 31.1 Å². The molecule has 0 aromatic heterocycles. The van der Waals surface area contributed by atoms with Gasteiger partial charge in [0.2, 0.25) is 0 Å². The van der Waals surface area contributed by atoms with Crippen LogP contribution in [0.25, 0.3) is 0 Å². The Morgan fingerprint density at radius 3 is 2.23 bits per heavy atom. The molecule has 0 aliphatic heterocycles. The molecule has 0 aliphatic rings. The molecule has 5 heteroatoms. The van der Waals surface area contributed by atoms with Crippen molar-refractivity contribution in [2.24, 2.45) is 0 Å². The summed E-state index contributed by atoms with van der Waals surface area (Å²) in [6, 6.07) is 12.6. The van der Waals surface area contributed by atoms with E-state index in [4.69, 9.17) is 16.3 Å². The molecule has 30 heavy (non-hydrogen) atoms. The van der Waals surface area contributed by atoms with Gasteiger partial charge in [0.25, 0.3) is 0 Å². The molecule has 0 unspecified atom stereocenters. The van der Waals surface area contributed by atoms with Crippen molar-refractivity contribution in [2.45, 2.75) is 59.1 Å². The van der Waals surface area contributed by atoms with Gasteiger partial charge >= 0.3 is 0 Å². The summed E-state index contributed by atoms with van der Waals surface area (Å²) < 4.78 is 19.5. The highest BCUT2D eigenvalue weighted by Gasteiger charge is 2.08. The Labute approximate surface area is 186 Å². The summed E-state index contributed by atoms with van der Waals surface area (Å²) in [7, 11) is 0. The van der Waals surface area contributed by atoms with Crippen molar-refractivity contribution >= 4 is 11.6 Å². The Morgan fingerprint density at radius 1 is 0.933 bits per heavy atom. The van der Waals surface area contributed by atoms with Gasteiger partial charge in [-0.2, -0.15) is 0 Å². The van der Waals surface area contributed by atoms with Crippen LogP contribution in [-0.2, 0) is 13.2 Å². The van der Waals surface area contributed by atoms with E-state index < -0.39 is 0 Å². The first-order valence-corrected chi connectivity index (χ1v) is 11.6. The number of unbranched alkanes of at least 4 members (excludes halogenated alkanes) is 2. The molecule has 0 atom stereocenters.